The quantitative estimate of drug-likeness (QED) is 0.418. The summed E-state index contributed by atoms with van der Waals surface area (Å²) in [6, 6.07) is 11.2. The molecule has 1 aromatic carbocycles. The van der Waals surface area contributed by atoms with E-state index in [1.807, 2.05) is 51.9 Å². The molecule has 3 aromatic heterocycles. The molecule has 0 aliphatic heterocycles. The second-order valence-corrected chi connectivity index (χ2v) is 6.00. The van der Waals surface area contributed by atoms with E-state index >= 15 is 0 Å². The fourth-order valence-electron chi connectivity index (χ4n) is 2.85. The number of nitrogens with zero attached hydrogens (tertiary/aromatic N) is 5. The van der Waals surface area contributed by atoms with Gasteiger partial charge in [0.05, 0.1) is 18.5 Å². The molecule has 0 atom stereocenters. The number of hydrogen-bond acceptors (Lipinski definition) is 6. The third-order valence-electron chi connectivity index (χ3n) is 4.19. The molecule has 0 aliphatic carbocycles. The van der Waals surface area contributed by atoms with Crippen LogP contribution in [-0.4, -0.2) is 36.7 Å². The molecule has 2 N–H and O–H groups in total. The summed E-state index contributed by atoms with van der Waals surface area (Å²) in [4.78, 5) is 24.6. The van der Waals surface area contributed by atoms with Crippen LogP contribution in [-0.2, 0) is 11.3 Å². The maximum Gasteiger partial charge on any atom is 0.338 e. The van der Waals surface area contributed by atoms with Gasteiger partial charge in [-0.25, -0.2) is 19.7 Å². The maximum atomic E-state index is 12.3. The summed E-state index contributed by atoms with van der Waals surface area (Å²) < 4.78 is 9.20. The molecule has 0 unspecified atom stereocenters. The van der Waals surface area contributed by atoms with E-state index in [2.05, 4.69) is 15.0 Å². The first-order valence-corrected chi connectivity index (χ1v) is 8.54. The summed E-state index contributed by atoms with van der Waals surface area (Å²) >= 11 is 0. The van der Waals surface area contributed by atoms with Gasteiger partial charge in [0, 0.05) is 24.6 Å². The molecule has 0 aliphatic rings. The van der Waals surface area contributed by atoms with Crippen molar-refractivity contribution in [3.63, 3.8) is 0 Å². The van der Waals surface area contributed by atoms with Gasteiger partial charge in [0.25, 0.3) is 0 Å². The number of anilines is 1. The lowest BCUT2D eigenvalue weighted by atomic mass is 10.2. The number of benzene rings is 1. The first kappa shape index (κ1) is 16.8. The van der Waals surface area contributed by atoms with Crippen molar-refractivity contribution in [2.24, 2.45) is 0 Å². The highest BCUT2D eigenvalue weighted by Crippen LogP contribution is 2.15. The highest BCUT2D eigenvalue weighted by Gasteiger charge is 2.10. The van der Waals surface area contributed by atoms with E-state index in [1.54, 1.807) is 12.4 Å². The van der Waals surface area contributed by atoms with Crippen molar-refractivity contribution in [3.05, 3.63) is 67.0 Å². The monoisotopic (exact) mass is 362 g/mol. The molecule has 4 aromatic rings. The Kier molecular flexibility index (Phi) is 4.52. The van der Waals surface area contributed by atoms with Crippen molar-refractivity contribution in [1.82, 2.24) is 24.1 Å². The molecule has 0 saturated heterocycles. The average molecular weight is 362 g/mol. The Hall–Kier alpha value is -3.68. The number of esters is 1. The van der Waals surface area contributed by atoms with Gasteiger partial charge in [-0.3, -0.25) is 0 Å². The molecule has 0 spiro atoms. The van der Waals surface area contributed by atoms with Gasteiger partial charge in [0.2, 0.25) is 0 Å². The predicted octanol–water partition coefficient (Wildman–Crippen LogP) is 2.45. The number of ether oxygens (including phenoxy) is 1. The van der Waals surface area contributed by atoms with E-state index in [1.165, 1.54) is 6.33 Å². The molecule has 136 valence electrons. The third kappa shape index (κ3) is 3.50. The number of nitrogen functional groups attached to an aromatic ring is 1. The van der Waals surface area contributed by atoms with Crippen LogP contribution in [0.3, 0.4) is 0 Å². The second-order valence-electron chi connectivity index (χ2n) is 6.00. The van der Waals surface area contributed by atoms with Crippen LogP contribution < -0.4 is 5.73 Å². The summed E-state index contributed by atoms with van der Waals surface area (Å²) in [5, 5.41) is 0. The van der Waals surface area contributed by atoms with Crippen LogP contribution in [0.15, 0.2) is 61.4 Å². The fourth-order valence-corrected chi connectivity index (χ4v) is 2.85. The number of nitrogens with two attached hydrogens (primary N) is 1. The standard InChI is InChI=1S/C19H18N6O2/c20-17-16-18(22-12-21-17)25(13-23-16)9-4-10-27-19(26)14-5-3-6-15(11-14)24-7-1-2-8-24/h1-3,5-8,11-13H,4,9-10H2,(H2,20,21,22). The van der Waals surface area contributed by atoms with Crippen LogP contribution in [0.25, 0.3) is 16.9 Å². The van der Waals surface area contributed by atoms with Crippen LogP contribution in [0.1, 0.15) is 16.8 Å². The van der Waals surface area contributed by atoms with Gasteiger partial charge < -0.3 is 19.6 Å². The minimum atomic E-state index is -0.342. The van der Waals surface area contributed by atoms with Crippen molar-refractivity contribution in [3.8, 4) is 5.69 Å². The SMILES string of the molecule is Nc1ncnc2c1ncn2CCCOC(=O)c1cccc(-n2cccc2)c1. The summed E-state index contributed by atoms with van der Waals surface area (Å²) in [6.07, 6.45) is 7.57. The molecule has 0 fully saturated rings. The van der Waals surface area contributed by atoms with E-state index in [0.717, 1.165) is 5.69 Å². The van der Waals surface area contributed by atoms with Crippen molar-refractivity contribution in [2.45, 2.75) is 13.0 Å². The Morgan fingerprint density at radius 2 is 1.96 bits per heavy atom. The Morgan fingerprint density at radius 3 is 2.81 bits per heavy atom. The highest BCUT2D eigenvalue weighted by atomic mass is 16.5. The van der Waals surface area contributed by atoms with Crippen molar-refractivity contribution in [2.75, 3.05) is 12.3 Å². The Labute approximate surface area is 155 Å². The van der Waals surface area contributed by atoms with Crippen LogP contribution in [0.5, 0.6) is 0 Å². The predicted molar refractivity (Wildman–Crippen MR) is 100 cm³/mol. The fraction of sp³-hybridized carbons (Fsp3) is 0.158. The number of fused-ring (bicyclic) bond motifs is 1. The summed E-state index contributed by atoms with van der Waals surface area (Å²) in [6.45, 7) is 0.913. The van der Waals surface area contributed by atoms with Crippen molar-refractivity contribution in [1.29, 1.82) is 0 Å². The Balaban J connectivity index is 1.34. The van der Waals surface area contributed by atoms with Crippen molar-refractivity contribution < 1.29 is 9.53 Å². The van der Waals surface area contributed by atoms with Gasteiger partial charge >= 0.3 is 5.97 Å². The molecule has 27 heavy (non-hydrogen) atoms. The average Bonchev–Trinajstić information content (AvgIpc) is 3.36. The molecule has 0 saturated carbocycles. The van der Waals surface area contributed by atoms with Gasteiger partial charge in [-0.2, -0.15) is 0 Å². The molecule has 0 bridgehead atoms. The summed E-state index contributed by atoms with van der Waals surface area (Å²) in [7, 11) is 0. The van der Waals surface area contributed by atoms with E-state index in [4.69, 9.17) is 10.5 Å². The van der Waals surface area contributed by atoms with Gasteiger partial charge in [-0.15, -0.1) is 0 Å². The summed E-state index contributed by atoms with van der Waals surface area (Å²) in [5.74, 6) is 0.0128. The molecule has 3 heterocycles. The normalized spacial score (nSPS) is 11.0. The maximum absolute atomic E-state index is 12.3. The number of imidazole rings is 1. The molecular weight excluding hydrogens is 344 g/mol. The first-order valence-electron chi connectivity index (χ1n) is 8.54. The zero-order valence-electron chi connectivity index (χ0n) is 14.5. The largest absolute Gasteiger partial charge is 0.462 e. The zero-order chi connectivity index (χ0) is 18.6. The van der Waals surface area contributed by atoms with Crippen molar-refractivity contribution >= 4 is 23.0 Å². The number of carbonyl (C=O) groups excluding carboxylic acids is 1. The molecule has 4 rings (SSSR count). The molecular formula is C19H18N6O2. The number of aromatic nitrogens is 5. The number of hydrogen-bond donors (Lipinski definition) is 1. The Bertz CT molecular complexity index is 1070. The van der Waals surface area contributed by atoms with Gasteiger partial charge in [0.1, 0.15) is 11.8 Å². The van der Waals surface area contributed by atoms with E-state index in [-0.39, 0.29) is 5.97 Å². The lowest BCUT2D eigenvalue weighted by molar-refractivity contribution is 0.0496. The minimum absolute atomic E-state index is 0.298. The molecule has 0 radical (unpaired) electrons. The van der Waals surface area contributed by atoms with Gasteiger partial charge in [-0.1, -0.05) is 6.07 Å². The van der Waals surface area contributed by atoms with E-state index in [0.29, 0.717) is 42.1 Å². The minimum Gasteiger partial charge on any atom is -0.462 e. The Morgan fingerprint density at radius 1 is 1.11 bits per heavy atom. The third-order valence-corrected chi connectivity index (χ3v) is 4.19. The van der Waals surface area contributed by atoms with E-state index < -0.39 is 0 Å². The number of aryl methyl sites for hydroxylation is 1. The zero-order valence-corrected chi connectivity index (χ0v) is 14.5. The van der Waals surface area contributed by atoms with E-state index in [9.17, 15) is 4.79 Å². The van der Waals surface area contributed by atoms with Gasteiger partial charge in [0.15, 0.2) is 11.5 Å². The first-order chi connectivity index (χ1) is 13.2. The van der Waals surface area contributed by atoms with Crippen LogP contribution in [0, 0.1) is 0 Å². The second kappa shape index (κ2) is 7.28. The van der Waals surface area contributed by atoms with Crippen LogP contribution in [0.4, 0.5) is 5.82 Å². The lowest BCUT2D eigenvalue weighted by Crippen LogP contribution is -2.09. The molecule has 8 nitrogen and oxygen atoms in total. The number of carbonyl (C=O) groups is 1. The number of rotatable bonds is 6. The van der Waals surface area contributed by atoms with Crippen LogP contribution in [0.2, 0.25) is 0 Å². The topological polar surface area (TPSA) is 101 Å². The summed E-state index contributed by atoms with van der Waals surface area (Å²) in [5.41, 5.74) is 8.47. The highest BCUT2D eigenvalue weighted by molar-refractivity contribution is 5.90. The molecule has 8 heteroatoms. The smallest absolute Gasteiger partial charge is 0.338 e. The molecule has 0 amide bonds. The lowest BCUT2D eigenvalue weighted by Gasteiger charge is -2.08. The van der Waals surface area contributed by atoms with Crippen LogP contribution >= 0.6 is 0 Å². The van der Waals surface area contributed by atoms with Gasteiger partial charge in [-0.05, 0) is 36.8 Å².